The number of hydrogen-bond acceptors (Lipinski definition) is 6. The van der Waals surface area contributed by atoms with E-state index >= 15 is 0 Å². The third-order valence-electron chi connectivity index (χ3n) is 10.9. The molecular weight excluding hydrogens is 739 g/mol. The van der Waals surface area contributed by atoms with E-state index in [1.54, 1.807) is 11.3 Å². The van der Waals surface area contributed by atoms with Gasteiger partial charge in [-0.25, -0.2) is 15.0 Å². The first-order chi connectivity index (χ1) is 29.2. The molecule has 5 nitrogen and oxygen atoms in total. The van der Waals surface area contributed by atoms with Crippen LogP contribution in [0.15, 0.2) is 200 Å². The number of aromatic nitrogens is 5. The molecule has 3 aromatic heterocycles. The zero-order valence-electron chi connectivity index (χ0n) is 31.7. The van der Waals surface area contributed by atoms with Crippen molar-refractivity contribution in [3.8, 4) is 78.7 Å². The maximum atomic E-state index is 5.00. The molecule has 11 aromatic rings. The molecule has 0 aliphatic carbocycles. The number of thiophene rings is 1. The standard InChI is InChI=1S/C53H33N5S/c1-3-11-34(12-4-1)35-21-25-38(26-22-35)52-54-51(37-13-5-2-6-14-37)55-53(56-52)39-27-23-36(24-28-39)40-15-9-16-41(31-40)42-17-10-18-43(32-42)44-29-30-48-46(33-44)49-50(59-48)45-19-7-8-20-47(45)57-58-49/h1-33H. The van der Waals surface area contributed by atoms with Crippen molar-refractivity contribution in [2.75, 3.05) is 0 Å². The first kappa shape index (κ1) is 34.6. The molecule has 0 radical (unpaired) electrons. The van der Waals surface area contributed by atoms with E-state index in [0.29, 0.717) is 17.5 Å². The smallest absolute Gasteiger partial charge is 0.164 e. The predicted molar refractivity (Wildman–Crippen MR) is 244 cm³/mol. The molecular formula is C53H33N5S. The van der Waals surface area contributed by atoms with Crippen LogP contribution in [0, 0.1) is 0 Å². The van der Waals surface area contributed by atoms with E-state index in [1.807, 2.05) is 48.5 Å². The highest BCUT2D eigenvalue weighted by molar-refractivity contribution is 7.26. The van der Waals surface area contributed by atoms with Crippen LogP contribution in [0.4, 0.5) is 0 Å². The van der Waals surface area contributed by atoms with E-state index in [9.17, 15) is 0 Å². The third kappa shape index (κ3) is 6.61. The van der Waals surface area contributed by atoms with Gasteiger partial charge in [0.15, 0.2) is 17.5 Å². The molecule has 0 unspecified atom stereocenters. The number of fused-ring (bicyclic) bond motifs is 5. The highest BCUT2D eigenvalue weighted by Gasteiger charge is 2.15. The van der Waals surface area contributed by atoms with Crippen molar-refractivity contribution in [1.29, 1.82) is 0 Å². The second kappa shape index (κ2) is 14.7. The van der Waals surface area contributed by atoms with E-state index in [0.717, 1.165) is 77.4 Å². The van der Waals surface area contributed by atoms with Gasteiger partial charge in [0, 0.05) is 32.2 Å². The van der Waals surface area contributed by atoms with Gasteiger partial charge in [-0.05, 0) is 74.8 Å². The van der Waals surface area contributed by atoms with Gasteiger partial charge in [-0.3, -0.25) is 0 Å². The molecule has 0 aliphatic heterocycles. The van der Waals surface area contributed by atoms with Crippen LogP contribution in [0.2, 0.25) is 0 Å². The summed E-state index contributed by atoms with van der Waals surface area (Å²) in [4.78, 5) is 14.9. The van der Waals surface area contributed by atoms with Crippen LogP contribution in [0.5, 0.6) is 0 Å². The number of nitrogens with zero attached hydrogens (tertiary/aromatic N) is 5. The minimum absolute atomic E-state index is 0.632. The summed E-state index contributed by atoms with van der Waals surface area (Å²) in [6.45, 7) is 0. The molecule has 0 fully saturated rings. The van der Waals surface area contributed by atoms with Crippen LogP contribution in [0.1, 0.15) is 0 Å². The van der Waals surface area contributed by atoms with Gasteiger partial charge in [0.2, 0.25) is 0 Å². The Bertz CT molecular complexity index is 3310. The largest absolute Gasteiger partial charge is 0.208 e. The Morgan fingerprint density at radius 2 is 0.695 bits per heavy atom. The van der Waals surface area contributed by atoms with Gasteiger partial charge in [-0.15, -0.1) is 21.5 Å². The molecule has 0 amide bonds. The summed E-state index contributed by atoms with van der Waals surface area (Å²) in [6.07, 6.45) is 0. The van der Waals surface area contributed by atoms with Crippen molar-refractivity contribution in [3.05, 3.63) is 200 Å². The maximum absolute atomic E-state index is 5.00. The van der Waals surface area contributed by atoms with Crippen LogP contribution >= 0.6 is 11.3 Å². The van der Waals surface area contributed by atoms with Crippen LogP contribution in [0.3, 0.4) is 0 Å². The summed E-state index contributed by atoms with van der Waals surface area (Å²) < 4.78 is 2.40. The fourth-order valence-electron chi connectivity index (χ4n) is 7.76. The molecule has 0 saturated heterocycles. The lowest BCUT2D eigenvalue weighted by Crippen LogP contribution is -2.00. The van der Waals surface area contributed by atoms with Crippen LogP contribution in [-0.4, -0.2) is 25.1 Å². The average Bonchev–Trinajstić information content (AvgIpc) is 3.71. The van der Waals surface area contributed by atoms with Crippen molar-refractivity contribution in [2.45, 2.75) is 0 Å². The minimum atomic E-state index is 0.632. The summed E-state index contributed by atoms with van der Waals surface area (Å²) in [7, 11) is 0. The Balaban J connectivity index is 0.897. The molecule has 0 aliphatic rings. The van der Waals surface area contributed by atoms with Crippen molar-refractivity contribution < 1.29 is 0 Å². The summed E-state index contributed by atoms with van der Waals surface area (Å²) in [5, 5.41) is 11.5. The number of rotatable bonds is 7. The van der Waals surface area contributed by atoms with E-state index in [1.165, 1.54) is 15.0 Å². The zero-order valence-corrected chi connectivity index (χ0v) is 32.5. The predicted octanol–water partition coefficient (Wildman–Crippen LogP) is 13.9. The van der Waals surface area contributed by atoms with Gasteiger partial charge < -0.3 is 0 Å². The topological polar surface area (TPSA) is 64.5 Å². The normalized spacial score (nSPS) is 11.4. The highest BCUT2D eigenvalue weighted by Crippen LogP contribution is 2.39. The monoisotopic (exact) mass is 771 g/mol. The molecule has 59 heavy (non-hydrogen) atoms. The maximum Gasteiger partial charge on any atom is 0.164 e. The Kier molecular flexibility index (Phi) is 8.60. The fraction of sp³-hybridized carbons (Fsp3) is 0. The number of benzene rings is 8. The summed E-state index contributed by atoms with van der Waals surface area (Å²) in [5.41, 5.74) is 13.9. The SMILES string of the molecule is c1ccc(-c2ccc(-c3nc(-c4ccccc4)nc(-c4ccc(-c5cccc(-c6cccc(-c7ccc8sc9c%10ccccc%10nnc9c8c7)c6)c5)cc4)n3)cc2)cc1. The first-order valence-electron chi connectivity index (χ1n) is 19.6. The summed E-state index contributed by atoms with van der Waals surface area (Å²) in [6, 6.07) is 69.8. The first-order valence-corrected chi connectivity index (χ1v) is 20.4. The lowest BCUT2D eigenvalue weighted by atomic mass is 9.95. The lowest BCUT2D eigenvalue weighted by Gasteiger charge is -2.11. The number of hydrogen-bond donors (Lipinski definition) is 0. The quantitative estimate of drug-likeness (QED) is 0.161. The van der Waals surface area contributed by atoms with E-state index < -0.39 is 0 Å². The highest BCUT2D eigenvalue weighted by atomic mass is 32.1. The molecule has 0 saturated carbocycles. The molecule has 276 valence electrons. The van der Waals surface area contributed by atoms with Gasteiger partial charge in [-0.2, -0.15) is 0 Å². The van der Waals surface area contributed by atoms with Gasteiger partial charge >= 0.3 is 0 Å². The van der Waals surface area contributed by atoms with Crippen LogP contribution in [0.25, 0.3) is 110 Å². The molecule has 0 spiro atoms. The summed E-state index contributed by atoms with van der Waals surface area (Å²) >= 11 is 1.78. The Labute approximate surface area is 345 Å². The molecule has 0 N–H and O–H groups in total. The lowest BCUT2D eigenvalue weighted by molar-refractivity contribution is 1.07. The van der Waals surface area contributed by atoms with Crippen molar-refractivity contribution in [2.24, 2.45) is 0 Å². The van der Waals surface area contributed by atoms with Crippen molar-refractivity contribution >= 4 is 42.5 Å². The van der Waals surface area contributed by atoms with Crippen molar-refractivity contribution in [3.63, 3.8) is 0 Å². The molecule has 6 heteroatoms. The molecule has 0 bridgehead atoms. The Hall–Kier alpha value is -7.67. The molecule has 0 atom stereocenters. The van der Waals surface area contributed by atoms with Gasteiger partial charge in [-0.1, -0.05) is 170 Å². The Morgan fingerprint density at radius 1 is 0.288 bits per heavy atom. The van der Waals surface area contributed by atoms with Gasteiger partial charge in [0.05, 0.1) is 10.2 Å². The third-order valence-corrected chi connectivity index (χ3v) is 12.0. The summed E-state index contributed by atoms with van der Waals surface area (Å²) in [5.74, 6) is 1.91. The molecule has 11 rings (SSSR count). The fourth-order valence-corrected chi connectivity index (χ4v) is 8.92. The van der Waals surface area contributed by atoms with Crippen LogP contribution < -0.4 is 0 Å². The second-order valence-electron chi connectivity index (χ2n) is 14.6. The van der Waals surface area contributed by atoms with E-state index in [-0.39, 0.29) is 0 Å². The average molecular weight is 772 g/mol. The Morgan fingerprint density at radius 3 is 1.29 bits per heavy atom. The van der Waals surface area contributed by atoms with Crippen molar-refractivity contribution in [1.82, 2.24) is 25.1 Å². The minimum Gasteiger partial charge on any atom is -0.208 e. The molecule has 8 aromatic carbocycles. The zero-order chi connectivity index (χ0) is 39.1. The van der Waals surface area contributed by atoms with E-state index in [4.69, 9.17) is 15.0 Å². The second-order valence-corrected chi connectivity index (χ2v) is 15.6. The van der Waals surface area contributed by atoms with Crippen LogP contribution in [-0.2, 0) is 0 Å². The molecule has 3 heterocycles. The van der Waals surface area contributed by atoms with E-state index in [2.05, 4.69) is 162 Å². The van der Waals surface area contributed by atoms with Gasteiger partial charge in [0.1, 0.15) is 5.52 Å². The van der Waals surface area contributed by atoms with Gasteiger partial charge in [0.25, 0.3) is 0 Å².